The smallest absolute Gasteiger partial charge is 0.130 e. The van der Waals surface area contributed by atoms with Crippen LogP contribution < -0.4 is 4.74 Å². The van der Waals surface area contributed by atoms with Crippen molar-refractivity contribution in [3.8, 4) is 11.5 Å². The Bertz CT molecular complexity index is 544. The molecule has 0 radical (unpaired) electrons. The quantitative estimate of drug-likeness (QED) is 0.824. The molecule has 0 spiro atoms. The van der Waals surface area contributed by atoms with Crippen molar-refractivity contribution in [1.82, 2.24) is 0 Å². The summed E-state index contributed by atoms with van der Waals surface area (Å²) in [4.78, 5) is 0. The zero-order valence-electron chi connectivity index (χ0n) is 12.3. The molecule has 0 amide bonds. The molecule has 1 unspecified atom stereocenters. The molecule has 0 aliphatic rings. The zero-order chi connectivity index (χ0) is 14.5. The van der Waals surface area contributed by atoms with Crippen LogP contribution in [0.1, 0.15) is 50.3 Å². The Balaban J connectivity index is 2.21. The van der Waals surface area contributed by atoms with E-state index in [9.17, 15) is 5.11 Å². The van der Waals surface area contributed by atoms with Crippen LogP contribution in [0, 0.1) is 0 Å². The van der Waals surface area contributed by atoms with E-state index in [4.69, 9.17) is 4.74 Å². The Morgan fingerprint density at radius 3 is 2.25 bits per heavy atom. The van der Waals surface area contributed by atoms with Gasteiger partial charge < -0.3 is 9.84 Å². The molecule has 2 heteroatoms. The first-order valence-electron chi connectivity index (χ1n) is 7.16. The molecule has 0 aliphatic heterocycles. The van der Waals surface area contributed by atoms with Crippen LogP contribution in [0.15, 0.2) is 48.5 Å². The topological polar surface area (TPSA) is 29.5 Å². The largest absolute Gasteiger partial charge is 0.457 e. The molecule has 2 atom stereocenters. The lowest BCUT2D eigenvalue weighted by Crippen LogP contribution is -1.96. The van der Waals surface area contributed by atoms with Crippen LogP contribution in [0.2, 0.25) is 0 Å². The predicted octanol–water partition coefficient (Wildman–Crippen LogP) is 5.05. The van der Waals surface area contributed by atoms with Crippen molar-refractivity contribution >= 4 is 0 Å². The van der Waals surface area contributed by atoms with Crippen molar-refractivity contribution in [2.45, 2.75) is 39.2 Å². The molecule has 0 fully saturated rings. The van der Waals surface area contributed by atoms with Gasteiger partial charge in [0.15, 0.2) is 0 Å². The Hall–Kier alpha value is -1.80. The lowest BCUT2D eigenvalue weighted by atomic mass is 9.98. The molecule has 2 aromatic rings. The summed E-state index contributed by atoms with van der Waals surface area (Å²) in [5.41, 5.74) is 2.13. The van der Waals surface area contributed by atoms with Crippen LogP contribution in [0.25, 0.3) is 0 Å². The monoisotopic (exact) mass is 270 g/mol. The van der Waals surface area contributed by atoms with Gasteiger partial charge in [-0.25, -0.2) is 0 Å². The summed E-state index contributed by atoms with van der Waals surface area (Å²) in [7, 11) is 0. The number of hydrogen-bond donors (Lipinski definition) is 1. The summed E-state index contributed by atoms with van der Waals surface area (Å²) in [6.45, 7) is 6.14. The highest BCUT2D eigenvalue weighted by atomic mass is 16.5. The molecule has 0 aromatic heterocycles. The fraction of sp³-hybridized carbons (Fsp3) is 0.333. The molecular formula is C18H22O2. The summed E-state index contributed by atoms with van der Waals surface area (Å²) in [5.74, 6) is 2.18. The van der Waals surface area contributed by atoms with Crippen LogP contribution in [0.4, 0.5) is 0 Å². The summed E-state index contributed by atoms with van der Waals surface area (Å²) in [5, 5.41) is 9.51. The van der Waals surface area contributed by atoms with Gasteiger partial charge in [-0.15, -0.1) is 0 Å². The molecule has 0 aliphatic carbocycles. The van der Waals surface area contributed by atoms with E-state index in [2.05, 4.69) is 19.9 Å². The van der Waals surface area contributed by atoms with Crippen molar-refractivity contribution in [2.24, 2.45) is 0 Å². The highest BCUT2D eigenvalue weighted by Gasteiger charge is 2.10. The van der Waals surface area contributed by atoms with Crippen LogP contribution in [0.5, 0.6) is 11.5 Å². The molecule has 2 rings (SSSR count). The Morgan fingerprint density at radius 2 is 1.65 bits per heavy atom. The average molecular weight is 270 g/mol. The van der Waals surface area contributed by atoms with Crippen molar-refractivity contribution in [2.75, 3.05) is 0 Å². The van der Waals surface area contributed by atoms with Crippen LogP contribution >= 0.6 is 0 Å². The molecule has 20 heavy (non-hydrogen) atoms. The van der Waals surface area contributed by atoms with Crippen molar-refractivity contribution in [3.63, 3.8) is 0 Å². The lowest BCUT2D eigenvalue weighted by Gasteiger charge is -2.15. The second kappa shape index (κ2) is 6.58. The first-order chi connectivity index (χ1) is 9.61. The van der Waals surface area contributed by atoms with E-state index in [1.807, 2.05) is 42.5 Å². The average Bonchev–Trinajstić information content (AvgIpc) is 2.47. The first-order valence-corrected chi connectivity index (χ1v) is 7.16. The van der Waals surface area contributed by atoms with Crippen LogP contribution in [0.3, 0.4) is 0 Å². The second-order valence-corrected chi connectivity index (χ2v) is 5.19. The number of aliphatic hydroxyl groups is 1. The van der Waals surface area contributed by atoms with E-state index >= 15 is 0 Å². The zero-order valence-corrected chi connectivity index (χ0v) is 12.3. The van der Waals surface area contributed by atoms with E-state index in [0.717, 1.165) is 23.5 Å². The van der Waals surface area contributed by atoms with Crippen molar-refractivity contribution < 1.29 is 9.84 Å². The number of benzene rings is 2. The fourth-order valence-electron chi connectivity index (χ4n) is 2.14. The number of hydrogen-bond acceptors (Lipinski definition) is 2. The van der Waals surface area contributed by atoms with Gasteiger partial charge >= 0.3 is 0 Å². The van der Waals surface area contributed by atoms with E-state index < -0.39 is 6.10 Å². The third-order valence-corrected chi connectivity index (χ3v) is 3.65. The van der Waals surface area contributed by atoms with Gasteiger partial charge in [0, 0.05) is 0 Å². The summed E-state index contributed by atoms with van der Waals surface area (Å²) in [6, 6.07) is 15.7. The maximum absolute atomic E-state index is 9.51. The number of ether oxygens (including phenoxy) is 1. The first kappa shape index (κ1) is 14.6. The minimum atomic E-state index is -0.448. The van der Waals surface area contributed by atoms with E-state index in [1.165, 1.54) is 5.56 Å². The van der Waals surface area contributed by atoms with Gasteiger partial charge in [0.25, 0.3) is 0 Å². The standard InChI is InChI=1S/C18H22O2/c1-4-13(2)17-7-5-6-8-18(17)20-16-11-9-15(10-12-16)14(3)19/h5-14,19H,4H2,1-3H3/t13?,14-/m0/s1. The van der Waals surface area contributed by atoms with Crippen LogP contribution in [-0.2, 0) is 0 Å². The van der Waals surface area contributed by atoms with Gasteiger partial charge in [-0.05, 0) is 48.6 Å². The summed E-state index contributed by atoms with van der Waals surface area (Å²) < 4.78 is 5.99. The molecule has 0 heterocycles. The normalized spacial score (nSPS) is 13.8. The molecule has 0 bridgehead atoms. The van der Waals surface area contributed by atoms with E-state index in [1.54, 1.807) is 6.92 Å². The molecule has 1 N–H and O–H groups in total. The van der Waals surface area contributed by atoms with E-state index in [-0.39, 0.29) is 0 Å². The minimum Gasteiger partial charge on any atom is -0.457 e. The highest BCUT2D eigenvalue weighted by Crippen LogP contribution is 2.32. The number of para-hydroxylation sites is 1. The van der Waals surface area contributed by atoms with Gasteiger partial charge in [0.05, 0.1) is 6.10 Å². The number of aliphatic hydroxyl groups excluding tert-OH is 1. The SMILES string of the molecule is CCC(C)c1ccccc1Oc1ccc([C@H](C)O)cc1. The van der Waals surface area contributed by atoms with Gasteiger partial charge in [-0.2, -0.15) is 0 Å². The number of rotatable bonds is 5. The minimum absolute atomic E-state index is 0.448. The Kier molecular flexibility index (Phi) is 4.80. The van der Waals surface area contributed by atoms with Crippen molar-refractivity contribution in [1.29, 1.82) is 0 Å². The third kappa shape index (κ3) is 3.40. The van der Waals surface area contributed by atoms with Gasteiger partial charge in [0.1, 0.15) is 11.5 Å². The second-order valence-electron chi connectivity index (χ2n) is 5.19. The third-order valence-electron chi connectivity index (χ3n) is 3.65. The predicted molar refractivity (Wildman–Crippen MR) is 82.3 cm³/mol. The molecule has 2 aromatic carbocycles. The molecule has 0 saturated carbocycles. The van der Waals surface area contributed by atoms with Gasteiger partial charge in [0.2, 0.25) is 0 Å². The Labute approximate surface area is 121 Å². The van der Waals surface area contributed by atoms with E-state index in [0.29, 0.717) is 5.92 Å². The molecule has 106 valence electrons. The Morgan fingerprint density at radius 1 is 1.00 bits per heavy atom. The van der Waals surface area contributed by atoms with Gasteiger partial charge in [-0.3, -0.25) is 0 Å². The fourth-order valence-corrected chi connectivity index (χ4v) is 2.14. The lowest BCUT2D eigenvalue weighted by molar-refractivity contribution is 0.199. The van der Waals surface area contributed by atoms with Gasteiger partial charge in [-0.1, -0.05) is 44.2 Å². The highest BCUT2D eigenvalue weighted by molar-refractivity contribution is 5.40. The molecular weight excluding hydrogens is 248 g/mol. The summed E-state index contributed by atoms with van der Waals surface area (Å²) in [6.07, 6.45) is 0.637. The maximum Gasteiger partial charge on any atom is 0.130 e. The molecule has 0 saturated heterocycles. The summed E-state index contributed by atoms with van der Waals surface area (Å²) >= 11 is 0. The van der Waals surface area contributed by atoms with Crippen molar-refractivity contribution in [3.05, 3.63) is 59.7 Å². The van der Waals surface area contributed by atoms with Crippen LogP contribution in [-0.4, -0.2) is 5.11 Å². The molecule has 2 nitrogen and oxygen atoms in total. The maximum atomic E-state index is 9.51.